The lowest BCUT2D eigenvalue weighted by Crippen LogP contribution is -2.19. The first-order valence-electron chi connectivity index (χ1n) is 5.51. The first-order valence-corrected chi connectivity index (χ1v) is 7.67. The highest BCUT2D eigenvalue weighted by atomic mass is 127. The van der Waals surface area contributed by atoms with Crippen LogP contribution < -0.4 is 16.8 Å². The Bertz CT molecular complexity index is 653. The Labute approximate surface area is 147 Å². The SMILES string of the molecule is NC(=O)Nc1ccc(I)cc1F.Nc1ccc(I)cc1F. The summed E-state index contributed by atoms with van der Waals surface area (Å²) < 4.78 is 27.0. The molecule has 2 rings (SSSR count). The van der Waals surface area contributed by atoms with Crippen LogP contribution in [0.4, 0.5) is 25.0 Å². The van der Waals surface area contributed by atoms with E-state index in [0.717, 1.165) is 7.14 Å². The van der Waals surface area contributed by atoms with Gasteiger partial charge < -0.3 is 16.8 Å². The van der Waals surface area contributed by atoms with Crippen molar-refractivity contribution in [3.05, 3.63) is 55.2 Å². The fourth-order valence-electron chi connectivity index (χ4n) is 1.23. The molecule has 112 valence electrons. The Morgan fingerprint density at radius 1 is 1.00 bits per heavy atom. The van der Waals surface area contributed by atoms with E-state index in [0.29, 0.717) is 0 Å². The van der Waals surface area contributed by atoms with E-state index in [1.54, 1.807) is 18.2 Å². The van der Waals surface area contributed by atoms with Crippen LogP contribution in [0.1, 0.15) is 0 Å². The molecule has 0 saturated carbocycles. The monoisotopic (exact) mass is 517 g/mol. The highest BCUT2D eigenvalue weighted by molar-refractivity contribution is 14.1. The second-order valence-electron chi connectivity index (χ2n) is 3.78. The summed E-state index contributed by atoms with van der Waals surface area (Å²) in [4.78, 5) is 10.3. The number of hydrogen-bond acceptors (Lipinski definition) is 2. The molecule has 0 radical (unpaired) electrons. The summed E-state index contributed by atoms with van der Waals surface area (Å²) in [5.74, 6) is -0.831. The lowest BCUT2D eigenvalue weighted by Gasteiger charge is -2.02. The lowest BCUT2D eigenvalue weighted by molar-refractivity contribution is 0.259. The van der Waals surface area contributed by atoms with Gasteiger partial charge in [0.2, 0.25) is 0 Å². The predicted octanol–water partition coefficient (Wildman–Crippen LogP) is 3.93. The molecule has 5 N–H and O–H groups in total. The average molecular weight is 517 g/mol. The van der Waals surface area contributed by atoms with Gasteiger partial charge >= 0.3 is 6.03 Å². The number of nitrogen functional groups attached to an aromatic ring is 1. The van der Waals surface area contributed by atoms with E-state index in [1.807, 2.05) is 45.2 Å². The fourth-order valence-corrected chi connectivity index (χ4v) is 2.13. The number of carbonyl (C=O) groups is 1. The molecule has 2 aromatic rings. The number of benzene rings is 2. The van der Waals surface area contributed by atoms with Gasteiger partial charge in [0.1, 0.15) is 11.6 Å². The van der Waals surface area contributed by atoms with Crippen molar-refractivity contribution in [3.63, 3.8) is 0 Å². The van der Waals surface area contributed by atoms with Crippen molar-refractivity contribution in [3.8, 4) is 0 Å². The van der Waals surface area contributed by atoms with Gasteiger partial charge in [-0.3, -0.25) is 0 Å². The number of hydrogen-bond donors (Lipinski definition) is 3. The first-order chi connectivity index (χ1) is 9.79. The molecule has 0 unspecified atom stereocenters. The first kappa shape index (κ1) is 17.9. The lowest BCUT2D eigenvalue weighted by atomic mass is 10.3. The summed E-state index contributed by atoms with van der Waals surface area (Å²) in [6.07, 6.45) is 0. The Morgan fingerprint density at radius 3 is 1.95 bits per heavy atom. The number of anilines is 2. The minimum absolute atomic E-state index is 0.0999. The zero-order chi connectivity index (χ0) is 16.0. The molecule has 0 heterocycles. The number of primary amides is 1. The number of halogens is 4. The molecule has 2 amide bonds. The second kappa shape index (κ2) is 8.32. The maximum atomic E-state index is 12.9. The van der Waals surface area contributed by atoms with Crippen molar-refractivity contribution in [2.45, 2.75) is 0 Å². The van der Waals surface area contributed by atoms with Gasteiger partial charge in [-0.15, -0.1) is 0 Å². The van der Waals surface area contributed by atoms with Crippen molar-refractivity contribution in [2.24, 2.45) is 5.73 Å². The summed E-state index contributed by atoms with van der Waals surface area (Å²) >= 11 is 4.00. The molecule has 0 aliphatic carbocycles. The number of nitrogens with one attached hydrogen (secondary N) is 1. The highest BCUT2D eigenvalue weighted by Crippen LogP contribution is 2.16. The van der Waals surface area contributed by atoms with E-state index in [2.05, 4.69) is 5.32 Å². The van der Waals surface area contributed by atoms with Crippen molar-refractivity contribution in [2.75, 3.05) is 11.1 Å². The summed E-state index contributed by atoms with van der Waals surface area (Å²) in [7, 11) is 0. The van der Waals surface area contributed by atoms with Gasteiger partial charge in [0.15, 0.2) is 0 Å². The van der Waals surface area contributed by atoms with E-state index >= 15 is 0 Å². The molecular weight excluding hydrogens is 506 g/mol. The Balaban J connectivity index is 0.000000219. The van der Waals surface area contributed by atoms with Crippen molar-refractivity contribution in [1.29, 1.82) is 0 Å². The third-order valence-electron chi connectivity index (χ3n) is 2.15. The van der Waals surface area contributed by atoms with Crippen LogP contribution in [0, 0.1) is 18.8 Å². The van der Waals surface area contributed by atoms with Crippen LogP contribution >= 0.6 is 45.2 Å². The van der Waals surface area contributed by atoms with E-state index < -0.39 is 11.8 Å². The molecule has 0 bridgehead atoms. The van der Waals surface area contributed by atoms with Crippen LogP contribution in [-0.4, -0.2) is 6.03 Å². The van der Waals surface area contributed by atoms with Gasteiger partial charge in [-0.05, 0) is 81.6 Å². The predicted molar refractivity (Wildman–Crippen MR) is 95.9 cm³/mol. The number of rotatable bonds is 1. The number of amides is 2. The summed E-state index contributed by atoms with van der Waals surface area (Å²) in [6.45, 7) is 0. The normalized spacial score (nSPS) is 9.52. The molecule has 0 saturated heterocycles. The van der Waals surface area contributed by atoms with Crippen LogP contribution in [0.2, 0.25) is 0 Å². The van der Waals surface area contributed by atoms with E-state index in [4.69, 9.17) is 11.5 Å². The molecule has 0 aliphatic rings. The fraction of sp³-hybridized carbons (Fsp3) is 0. The van der Waals surface area contributed by atoms with Crippen LogP contribution in [-0.2, 0) is 0 Å². The number of carbonyl (C=O) groups excluding carboxylic acids is 1. The quantitative estimate of drug-likeness (QED) is 0.396. The average Bonchev–Trinajstić information content (AvgIpc) is 2.38. The van der Waals surface area contributed by atoms with Crippen molar-refractivity contribution < 1.29 is 13.6 Å². The van der Waals surface area contributed by atoms with Crippen LogP contribution in [0.3, 0.4) is 0 Å². The Kier molecular flexibility index (Phi) is 7.08. The largest absolute Gasteiger partial charge is 0.396 e. The number of nitrogens with two attached hydrogens (primary N) is 2. The number of urea groups is 1. The minimum Gasteiger partial charge on any atom is -0.396 e. The molecule has 0 atom stereocenters. The molecule has 8 heteroatoms. The molecule has 4 nitrogen and oxygen atoms in total. The standard InChI is InChI=1S/C7H6FIN2O.C6H5FIN/c8-5-3-4(9)1-2-6(5)11-7(10)12;7-5-3-4(8)1-2-6(5)9/h1-3H,(H3,10,11,12);1-3H,9H2. The van der Waals surface area contributed by atoms with Gasteiger partial charge in [0, 0.05) is 7.14 Å². The van der Waals surface area contributed by atoms with E-state index in [-0.39, 0.29) is 17.2 Å². The molecule has 0 aromatic heterocycles. The molecule has 2 aromatic carbocycles. The maximum Gasteiger partial charge on any atom is 0.316 e. The Hall–Kier alpha value is -1.17. The molecular formula is C13H11F2I2N3O. The van der Waals surface area contributed by atoms with Crippen LogP contribution in [0.25, 0.3) is 0 Å². The smallest absolute Gasteiger partial charge is 0.316 e. The second-order valence-corrected chi connectivity index (χ2v) is 6.27. The molecule has 0 spiro atoms. The highest BCUT2D eigenvalue weighted by Gasteiger charge is 2.03. The van der Waals surface area contributed by atoms with E-state index in [9.17, 15) is 13.6 Å². The summed E-state index contributed by atoms with van der Waals surface area (Å²) in [5.41, 5.74) is 10.3. The molecule has 0 fully saturated rings. The van der Waals surface area contributed by atoms with Gasteiger partial charge in [0.25, 0.3) is 0 Å². The van der Waals surface area contributed by atoms with Crippen LogP contribution in [0.5, 0.6) is 0 Å². The van der Waals surface area contributed by atoms with Crippen molar-refractivity contribution in [1.82, 2.24) is 0 Å². The molecule has 21 heavy (non-hydrogen) atoms. The summed E-state index contributed by atoms with van der Waals surface area (Å²) in [6, 6.07) is 8.39. The van der Waals surface area contributed by atoms with Crippen molar-refractivity contribution >= 4 is 62.6 Å². The zero-order valence-corrected chi connectivity index (χ0v) is 14.9. The topological polar surface area (TPSA) is 81.1 Å². The van der Waals surface area contributed by atoms with Crippen LogP contribution in [0.15, 0.2) is 36.4 Å². The zero-order valence-electron chi connectivity index (χ0n) is 10.5. The third-order valence-corrected chi connectivity index (χ3v) is 3.49. The van der Waals surface area contributed by atoms with Gasteiger partial charge in [-0.1, -0.05) is 0 Å². The summed E-state index contributed by atoms with van der Waals surface area (Å²) in [5, 5.41) is 2.16. The maximum absolute atomic E-state index is 12.9. The minimum atomic E-state index is -0.768. The third kappa shape index (κ3) is 6.42. The van der Waals surface area contributed by atoms with E-state index in [1.165, 1.54) is 18.2 Å². The van der Waals surface area contributed by atoms with Gasteiger partial charge in [-0.25, -0.2) is 13.6 Å². The van der Waals surface area contributed by atoms with Gasteiger partial charge in [0.05, 0.1) is 11.4 Å². The van der Waals surface area contributed by atoms with Gasteiger partial charge in [-0.2, -0.15) is 0 Å². The molecule has 0 aliphatic heterocycles. The Morgan fingerprint density at radius 2 is 1.52 bits per heavy atom.